The van der Waals surface area contributed by atoms with Crippen molar-refractivity contribution in [2.75, 3.05) is 20.3 Å². The molecule has 0 saturated carbocycles. The van der Waals surface area contributed by atoms with Gasteiger partial charge in [0, 0.05) is 23.7 Å². The van der Waals surface area contributed by atoms with Gasteiger partial charge in [-0.05, 0) is 12.1 Å². The van der Waals surface area contributed by atoms with Crippen molar-refractivity contribution in [1.29, 1.82) is 0 Å². The molecule has 0 bridgehead atoms. The fourth-order valence-corrected chi connectivity index (χ4v) is 1.78. The van der Waals surface area contributed by atoms with Crippen molar-refractivity contribution in [3.8, 4) is 5.88 Å². The highest BCUT2D eigenvalue weighted by atomic mass is 35.5. The number of hydrogen-bond acceptors (Lipinski definition) is 3. The van der Waals surface area contributed by atoms with Crippen LogP contribution in [0.3, 0.4) is 0 Å². The van der Waals surface area contributed by atoms with E-state index in [9.17, 15) is 5.11 Å². The zero-order chi connectivity index (χ0) is 12.3. The minimum atomic E-state index is 0.100. The summed E-state index contributed by atoms with van der Waals surface area (Å²) >= 11 is 5.87. The number of methoxy groups -OCH3 is 1. The molecule has 2 rings (SSSR count). The second-order valence-corrected chi connectivity index (χ2v) is 4.04. The van der Waals surface area contributed by atoms with Crippen molar-refractivity contribution in [3.05, 3.63) is 28.8 Å². The molecular weight excluding hydrogens is 240 g/mol. The Bertz CT molecular complexity index is 549. The average molecular weight is 253 g/mol. The van der Waals surface area contributed by atoms with Crippen molar-refractivity contribution in [3.63, 3.8) is 0 Å². The second-order valence-electron chi connectivity index (χ2n) is 3.61. The summed E-state index contributed by atoms with van der Waals surface area (Å²) in [5.41, 5.74) is 1.47. The van der Waals surface area contributed by atoms with Crippen LogP contribution in [0.15, 0.2) is 23.2 Å². The maximum Gasteiger partial charge on any atom is 0.198 e. The van der Waals surface area contributed by atoms with Crippen LogP contribution in [0.5, 0.6) is 5.88 Å². The lowest BCUT2D eigenvalue weighted by atomic mass is 10.2. The highest BCUT2D eigenvalue weighted by Gasteiger charge is 2.08. The van der Waals surface area contributed by atoms with E-state index in [4.69, 9.17) is 16.3 Å². The predicted octanol–water partition coefficient (Wildman–Crippen LogP) is 2.59. The molecule has 0 fully saturated rings. The smallest absolute Gasteiger partial charge is 0.198 e. The van der Waals surface area contributed by atoms with E-state index < -0.39 is 0 Å². The molecule has 0 saturated heterocycles. The summed E-state index contributed by atoms with van der Waals surface area (Å²) in [7, 11) is 1.63. The monoisotopic (exact) mass is 252 g/mol. The molecule has 1 aromatic heterocycles. The molecule has 1 aromatic carbocycles. The first-order chi connectivity index (χ1) is 8.22. The number of aliphatic imine (C=N–C) groups is 1. The van der Waals surface area contributed by atoms with Crippen LogP contribution in [0, 0.1) is 0 Å². The van der Waals surface area contributed by atoms with Crippen LogP contribution in [0.25, 0.3) is 10.9 Å². The Hall–Kier alpha value is -1.52. The van der Waals surface area contributed by atoms with Crippen LogP contribution >= 0.6 is 11.6 Å². The first kappa shape index (κ1) is 12.0. The Morgan fingerprint density at radius 1 is 1.53 bits per heavy atom. The number of rotatable bonds is 4. The molecule has 0 atom stereocenters. The molecule has 17 heavy (non-hydrogen) atoms. The summed E-state index contributed by atoms with van der Waals surface area (Å²) in [5.74, 6) is 0.100. The van der Waals surface area contributed by atoms with Crippen molar-refractivity contribution in [1.82, 2.24) is 4.98 Å². The molecule has 0 spiro atoms. The molecule has 1 heterocycles. The van der Waals surface area contributed by atoms with Gasteiger partial charge >= 0.3 is 0 Å². The molecule has 0 aliphatic heterocycles. The number of hydrogen-bond donors (Lipinski definition) is 2. The molecule has 5 heteroatoms. The van der Waals surface area contributed by atoms with Crippen LogP contribution in [0.4, 0.5) is 0 Å². The number of benzene rings is 1. The van der Waals surface area contributed by atoms with Crippen molar-refractivity contribution in [2.45, 2.75) is 0 Å². The number of aromatic amines is 1. The SMILES string of the molecule is COCCN=Cc1c(O)[nH]c2cc(Cl)ccc12. The third kappa shape index (κ3) is 2.60. The highest BCUT2D eigenvalue weighted by Crippen LogP contribution is 2.27. The summed E-state index contributed by atoms with van der Waals surface area (Å²) in [4.78, 5) is 7.03. The highest BCUT2D eigenvalue weighted by molar-refractivity contribution is 6.31. The van der Waals surface area contributed by atoms with E-state index in [2.05, 4.69) is 9.98 Å². The fourth-order valence-electron chi connectivity index (χ4n) is 1.61. The average Bonchev–Trinajstić information content (AvgIpc) is 2.60. The summed E-state index contributed by atoms with van der Waals surface area (Å²) in [5, 5.41) is 11.3. The first-order valence-electron chi connectivity index (χ1n) is 5.21. The van der Waals surface area contributed by atoms with Crippen LogP contribution in [0.2, 0.25) is 5.02 Å². The number of fused-ring (bicyclic) bond motifs is 1. The standard InChI is InChI=1S/C12H13ClN2O2/c1-17-5-4-14-7-10-9-3-2-8(13)6-11(9)15-12(10)16/h2-3,6-7,15-16H,4-5H2,1H3. The van der Waals surface area contributed by atoms with E-state index in [0.29, 0.717) is 23.7 Å². The first-order valence-corrected chi connectivity index (χ1v) is 5.59. The summed E-state index contributed by atoms with van der Waals surface area (Å²) in [6.45, 7) is 1.13. The van der Waals surface area contributed by atoms with Crippen molar-refractivity contribution in [2.24, 2.45) is 4.99 Å². The number of nitrogens with one attached hydrogen (secondary N) is 1. The molecule has 4 nitrogen and oxygen atoms in total. The van der Waals surface area contributed by atoms with E-state index in [-0.39, 0.29) is 5.88 Å². The van der Waals surface area contributed by atoms with E-state index >= 15 is 0 Å². The van der Waals surface area contributed by atoms with Gasteiger partial charge in [0.05, 0.1) is 24.2 Å². The van der Waals surface area contributed by atoms with Gasteiger partial charge in [-0.25, -0.2) is 0 Å². The molecule has 0 radical (unpaired) electrons. The van der Waals surface area contributed by atoms with Gasteiger partial charge in [-0.3, -0.25) is 4.99 Å². The quantitative estimate of drug-likeness (QED) is 0.649. The third-order valence-corrected chi connectivity index (χ3v) is 2.66. The van der Waals surface area contributed by atoms with Crippen LogP contribution < -0.4 is 0 Å². The van der Waals surface area contributed by atoms with Gasteiger partial charge in [0.15, 0.2) is 5.88 Å². The van der Waals surface area contributed by atoms with E-state index in [1.807, 2.05) is 6.07 Å². The number of halogens is 1. The molecule has 0 aliphatic carbocycles. The lowest BCUT2D eigenvalue weighted by molar-refractivity contribution is 0.208. The zero-order valence-electron chi connectivity index (χ0n) is 9.40. The van der Waals surface area contributed by atoms with Gasteiger partial charge in [0.2, 0.25) is 0 Å². The van der Waals surface area contributed by atoms with Gasteiger partial charge in [0.25, 0.3) is 0 Å². The predicted molar refractivity (Wildman–Crippen MR) is 69.3 cm³/mol. The zero-order valence-corrected chi connectivity index (χ0v) is 10.2. The fraction of sp³-hybridized carbons (Fsp3) is 0.250. The Kier molecular flexibility index (Phi) is 3.66. The Balaban J connectivity index is 2.33. The topological polar surface area (TPSA) is 57.6 Å². The summed E-state index contributed by atoms with van der Waals surface area (Å²) in [6.07, 6.45) is 1.64. The van der Waals surface area contributed by atoms with Crippen LogP contribution in [-0.2, 0) is 4.74 Å². The second kappa shape index (κ2) is 5.21. The molecular formula is C12H13ClN2O2. The third-order valence-electron chi connectivity index (χ3n) is 2.42. The molecule has 2 aromatic rings. The normalized spacial score (nSPS) is 11.6. The van der Waals surface area contributed by atoms with Gasteiger partial charge in [-0.15, -0.1) is 0 Å². The minimum Gasteiger partial charge on any atom is -0.494 e. The summed E-state index contributed by atoms with van der Waals surface area (Å²) < 4.78 is 4.89. The van der Waals surface area contributed by atoms with Crippen LogP contribution in [0.1, 0.15) is 5.56 Å². The lowest BCUT2D eigenvalue weighted by Crippen LogP contribution is -1.93. The molecule has 0 aliphatic rings. The van der Waals surface area contributed by atoms with Gasteiger partial charge in [0.1, 0.15) is 0 Å². The number of ether oxygens (including phenoxy) is 1. The molecule has 0 amide bonds. The van der Waals surface area contributed by atoms with Crippen molar-refractivity contribution >= 4 is 28.7 Å². The van der Waals surface area contributed by atoms with E-state index in [0.717, 1.165) is 10.9 Å². The molecule has 90 valence electrons. The van der Waals surface area contributed by atoms with Gasteiger partial charge in [-0.1, -0.05) is 17.7 Å². The lowest BCUT2D eigenvalue weighted by Gasteiger charge is -1.94. The number of H-pyrrole nitrogens is 1. The van der Waals surface area contributed by atoms with Crippen LogP contribution in [-0.4, -0.2) is 36.6 Å². The maximum absolute atomic E-state index is 9.76. The number of aromatic hydroxyl groups is 1. The largest absolute Gasteiger partial charge is 0.494 e. The molecule has 2 N–H and O–H groups in total. The van der Waals surface area contributed by atoms with Gasteiger partial charge in [-0.2, -0.15) is 0 Å². The number of nitrogens with zero attached hydrogens (tertiary/aromatic N) is 1. The Morgan fingerprint density at radius 2 is 2.35 bits per heavy atom. The van der Waals surface area contributed by atoms with Crippen molar-refractivity contribution < 1.29 is 9.84 Å². The van der Waals surface area contributed by atoms with Gasteiger partial charge < -0.3 is 14.8 Å². The summed E-state index contributed by atoms with van der Waals surface area (Å²) in [6, 6.07) is 5.40. The Morgan fingerprint density at radius 3 is 3.12 bits per heavy atom. The Labute approximate surface area is 104 Å². The van der Waals surface area contributed by atoms with E-state index in [1.54, 1.807) is 25.5 Å². The number of aromatic nitrogens is 1. The van der Waals surface area contributed by atoms with E-state index in [1.165, 1.54) is 0 Å². The molecule has 0 unspecified atom stereocenters. The minimum absolute atomic E-state index is 0.100. The maximum atomic E-state index is 9.76.